The molecule has 7 heteroatoms. The van der Waals surface area contributed by atoms with Gasteiger partial charge in [-0.15, -0.1) is 24.0 Å². The van der Waals surface area contributed by atoms with E-state index in [2.05, 4.69) is 27.4 Å². The molecule has 1 saturated heterocycles. The summed E-state index contributed by atoms with van der Waals surface area (Å²) in [6.45, 7) is 7.76. The van der Waals surface area contributed by atoms with Crippen LogP contribution < -0.4 is 10.6 Å². The zero-order valence-electron chi connectivity index (χ0n) is 18.4. The zero-order valence-corrected chi connectivity index (χ0v) is 20.8. The highest BCUT2D eigenvalue weighted by atomic mass is 127. The van der Waals surface area contributed by atoms with Crippen LogP contribution in [0.2, 0.25) is 0 Å². The fourth-order valence-corrected chi connectivity index (χ4v) is 4.34. The van der Waals surface area contributed by atoms with Crippen molar-refractivity contribution in [1.29, 1.82) is 0 Å². The fraction of sp³-hybridized carbons (Fsp3) is 0.696. The molecular weight excluding hydrogens is 491 g/mol. The number of nitrogens with zero attached hydrogens (tertiary/aromatic N) is 2. The second-order valence-electron chi connectivity index (χ2n) is 8.32. The number of hydrogen-bond acceptors (Lipinski definition) is 4. The second-order valence-corrected chi connectivity index (χ2v) is 8.32. The standard InChI is InChI=1S/C23H38N4O2.HI/c1-3-24-23(26-20-13-14-27(16-20)21-11-7-8-12-21)25-15-22(28)17-29-18(2)19-9-5-4-6-10-19;/h4-6,9-10,18,20-22,28H,3,7-8,11-17H2,1-2H3,(H2,24,25,26);1H. The highest BCUT2D eigenvalue weighted by Gasteiger charge is 2.30. The van der Waals surface area contributed by atoms with Crippen molar-refractivity contribution in [2.45, 2.75) is 70.2 Å². The quantitative estimate of drug-likeness (QED) is 0.260. The predicted molar refractivity (Wildman–Crippen MR) is 134 cm³/mol. The van der Waals surface area contributed by atoms with Gasteiger partial charge in [0.1, 0.15) is 0 Å². The first-order valence-electron chi connectivity index (χ1n) is 11.3. The average molecular weight is 530 g/mol. The molecule has 30 heavy (non-hydrogen) atoms. The van der Waals surface area contributed by atoms with Gasteiger partial charge in [0.15, 0.2) is 5.96 Å². The van der Waals surface area contributed by atoms with Crippen LogP contribution in [0.15, 0.2) is 35.3 Å². The van der Waals surface area contributed by atoms with Crippen molar-refractivity contribution in [1.82, 2.24) is 15.5 Å². The van der Waals surface area contributed by atoms with Crippen LogP contribution >= 0.6 is 24.0 Å². The lowest BCUT2D eigenvalue weighted by atomic mass is 10.1. The number of rotatable bonds is 9. The molecule has 2 aliphatic rings. The molecule has 6 nitrogen and oxygen atoms in total. The van der Waals surface area contributed by atoms with Gasteiger partial charge in [0.25, 0.3) is 0 Å². The Morgan fingerprint density at radius 2 is 1.97 bits per heavy atom. The molecule has 2 fully saturated rings. The van der Waals surface area contributed by atoms with Gasteiger partial charge in [-0.25, -0.2) is 0 Å². The normalized spacial score (nSPS) is 22.5. The largest absolute Gasteiger partial charge is 0.389 e. The molecule has 0 spiro atoms. The number of hydrogen-bond donors (Lipinski definition) is 3. The molecule has 1 aromatic rings. The molecule has 3 atom stereocenters. The number of aliphatic imine (C=N–C) groups is 1. The van der Waals surface area contributed by atoms with Gasteiger partial charge in [-0.1, -0.05) is 43.2 Å². The van der Waals surface area contributed by atoms with E-state index in [0.29, 0.717) is 12.6 Å². The van der Waals surface area contributed by atoms with Crippen LogP contribution in [-0.4, -0.2) is 66.9 Å². The van der Waals surface area contributed by atoms with Gasteiger partial charge in [-0.3, -0.25) is 9.89 Å². The van der Waals surface area contributed by atoms with Crippen LogP contribution in [0.1, 0.15) is 57.6 Å². The summed E-state index contributed by atoms with van der Waals surface area (Å²) >= 11 is 0. The first-order chi connectivity index (χ1) is 14.2. The summed E-state index contributed by atoms with van der Waals surface area (Å²) in [5.41, 5.74) is 1.12. The third kappa shape index (κ3) is 7.98. The van der Waals surface area contributed by atoms with Gasteiger partial charge in [0, 0.05) is 31.7 Å². The lowest BCUT2D eigenvalue weighted by molar-refractivity contribution is 0.00111. The van der Waals surface area contributed by atoms with Crippen molar-refractivity contribution in [2.24, 2.45) is 4.99 Å². The summed E-state index contributed by atoms with van der Waals surface area (Å²) in [5.74, 6) is 0.793. The average Bonchev–Trinajstić information content (AvgIpc) is 3.43. The molecule has 1 aliphatic carbocycles. The molecule has 3 rings (SSSR count). The summed E-state index contributed by atoms with van der Waals surface area (Å²) < 4.78 is 5.82. The summed E-state index contributed by atoms with van der Waals surface area (Å²) in [4.78, 5) is 7.24. The number of aliphatic hydroxyl groups excluding tert-OH is 1. The molecule has 1 heterocycles. The van der Waals surface area contributed by atoms with Crippen LogP contribution in [0, 0.1) is 0 Å². The molecule has 3 N–H and O–H groups in total. The zero-order chi connectivity index (χ0) is 20.5. The maximum Gasteiger partial charge on any atom is 0.191 e. The Morgan fingerprint density at radius 1 is 1.23 bits per heavy atom. The molecule has 0 bridgehead atoms. The molecule has 1 aliphatic heterocycles. The predicted octanol–water partition coefficient (Wildman–Crippen LogP) is 3.32. The SMILES string of the molecule is CCNC(=NCC(O)COC(C)c1ccccc1)NC1CCN(C2CCCC2)C1.I. The summed E-state index contributed by atoms with van der Waals surface area (Å²) in [6, 6.07) is 11.3. The fourth-order valence-electron chi connectivity index (χ4n) is 4.34. The summed E-state index contributed by atoms with van der Waals surface area (Å²) in [5, 5.41) is 17.2. The van der Waals surface area contributed by atoms with E-state index in [1.807, 2.05) is 37.3 Å². The Bertz CT molecular complexity index is 625. The minimum absolute atomic E-state index is 0. The number of benzene rings is 1. The van der Waals surface area contributed by atoms with E-state index < -0.39 is 6.10 Å². The van der Waals surface area contributed by atoms with E-state index >= 15 is 0 Å². The second kappa shape index (κ2) is 13.5. The molecule has 170 valence electrons. The van der Waals surface area contributed by atoms with Gasteiger partial charge in [-0.2, -0.15) is 0 Å². The molecule has 1 aromatic carbocycles. The lowest BCUT2D eigenvalue weighted by Crippen LogP contribution is -2.45. The van der Waals surface area contributed by atoms with Gasteiger partial charge in [-0.05, 0) is 38.7 Å². The van der Waals surface area contributed by atoms with E-state index in [-0.39, 0.29) is 36.7 Å². The number of likely N-dealkylation sites (tertiary alicyclic amines) is 1. The molecule has 3 unspecified atom stereocenters. The number of ether oxygens (including phenoxy) is 1. The Kier molecular flexibility index (Phi) is 11.4. The highest BCUT2D eigenvalue weighted by Crippen LogP contribution is 2.26. The molecule has 0 amide bonds. The monoisotopic (exact) mass is 530 g/mol. The van der Waals surface area contributed by atoms with E-state index in [4.69, 9.17) is 4.74 Å². The number of halogens is 1. The van der Waals surface area contributed by atoms with E-state index in [1.54, 1.807) is 0 Å². The molecular formula is C23H39IN4O2. The lowest BCUT2D eigenvalue weighted by Gasteiger charge is -2.24. The van der Waals surface area contributed by atoms with Crippen molar-refractivity contribution >= 4 is 29.9 Å². The molecule has 1 saturated carbocycles. The third-order valence-corrected chi connectivity index (χ3v) is 6.01. The van der Waals surface area contributed by atoms with Crippen molar-refractivity contribution in [3.63, 3.8) is 0 Å². The van der Waals surface area contributed by atoms with Gasteiger partial charge < -0.3 is 20.5 Å². The van der Waals surface area contributed by atoms with E-state index in [0.717, 1.165) is 37.1 Å². The summed E-state index contributed by atoms with van der Waals surface area (Å²) in [7, 11) is 0. The number of guanidine groups is 1. The van der Waals surface area contributed by atoms with E-state index in [1.165, 1.54) is 32.2 Å². The Morgan fingerprint density at radius 3 is 2.67 bits per heavy atom. The minimum atomic E-state index is -0.616. The van der Waals surface area contributed by atoms with Crippen molar-refractivity contribution in [2.75, 3.05) is 32.8 Å². The Labute approximate surface area is 198 Å². The van der Waals surface area contributed by atoms with Gasteiger partial charge >= 0.3 is 0 Å². The number of nitrogens with one attached hydrogen (secondary N) is 2. The van der Waals surface area contributed by atoms with Crippen LogP contribution in [0.25, 0.3) is 0 Å². The number of aliphatic hydroxyl groups is 1. The van der Waals surface area contributed by atoms with Crippen LogP contribution in [-0.2, 0) is 4.74 Å². The van der Waals surface area contributed by atoms with Gasteiger partial charge in [0.2, 0.25) is 0 Å². The van der Waals surface area contributed by atoms with Crippen molar-refractivity contribution in [3.8, 4) is 0 Å². The highest BCUT2D eigenvalue weighted by molar-refractivity contribution is 14.0. The Hall–Kier alpha value is -0.900. The van der Waals surface area contributed by atoms with Gasteiger partial charge in [0.05, 0.1) is 25.4 Å². The maximum atomic E-state index is 10.3. The maximum absolute atomic E-state index is 10.3. The van der Waals surface area contributed by atoms with Crippen LogP contribution in [0.5, 0.6) is 0 Å². The van der Waals surface area contributed by atoms with Crippen molar-refractivity contribution in [3.05, 3.63) is 35.9 Å². The van der Waals surface area contributed by atoms with Crippen LogP contribution in [0.4, 0.5) is 0 Å². The summed E-state index contributed by atoms with van der Waals surface area (Å²) in [6.07, 6.45) is 5.97. The Balaban J connectivity index is 0.00000320. The topological polar surface area (TPSA) is 69.1 Å². The third-order valence-electron chi connectivity index (χ3n) is 6.01. The molecule has 0 aromatic heterocycles. The van der Waals surface area contributed by atoms with E-state index in [9.17, 15) is 5.11 Å². The van der Waals surface area contributed by atoms with Crippen molar-refractivity contribution < 1.29 is 9.84 Å². The minimum Gasteiger partial charge on any atom is -0.389 e. The smallest absolute Gasteiger partial charge is 0.191 e. The van der Waals surface area contributed by atoms with Crippen LogP contribution in [0.3, 0.4) is 0 Å². The molecule has 0 radical (unpaired) electrons. The first-order valence-corrected chi connectivity index (χ1v) is 11.3. The first kappa shape index (κ1) is 25.4.